The fraction of sp³-hybridized carbons (Fsp3) is 0. The summed E-state index contributed by atoms with van der Waals surface area (Å²) in [6.07, 6.45) is 0. The molecule has 11 aromatic rings. The fourth-order valence-corrected chi connectivity index (χ4v) is 9.77. The number of para-hydroxylation sites is 3. The zero-order chi connectivity index (χ0) is 36.3. The summed E-state index contributed by atoms with van der Waals surface area (Å²) in [4.78, 5) is 2.45. The highest BCUT2D eigenvalue weighted by Gasteiger charge is 2.21. The second-order valence-electron chi connectivity index (χ2n) is 14.1. The molecule has 11 rings (SSSR count). The minimum Gasteiger partial charge on any atom is -0.310 e. The van der Waals surface area contributed by atoms with Crippen molar-refractivity contribution in [3.05, 3.63) is 206 Å². The highest BCUT2D eigenvalue weighted by atomic mass is 32.1. The number of aromatic nitrogens is 1. The first-order valence-electron chi connectivity index (χ1n) is 18.8. The molecular formula is C52H34N2S. The number of nitrogens with zero attached hydrogens (tertiary/aromatic N) is 2. The third-order valence-electron chi connectivity index (χ3n) is 11.0. The van der Waals surface area contributed by atoms with Gasteiger partial charge in [-0.15, -0.1) is 11.3 Å². The molecule has 0 unspecified atom stereocenters. The molecule has 0 spiro atoms. The lowest BCUT2D eigenvalue weighted by atomic mass is 9.97. The zero-order valence-corrected chi connectivity index (χ0v) is 30.7. The Morgan fingerprint density at radius 1 is 0.382 bits per heavy atom. The van der Waals surface area contributed by atoms with Crippen molar-refractivity contribution in [1.82, 2.24) is 4.57 Å². The molecule has 0 amide bonds. The number of rotatable bonds is 6. The monoisotopic (exact) mass is 718 g/mol. The maximum absolute atomic E-state index is 2.45. The van der Waals surface area contributed by atoms with Crippen LogP contribution in [0, 0.1) is 0 Å². The normalized spacial score (nSPS) is 11.6. The van der Waals surface area contributed by atoms with Crippen LogP contribution in [0.3, 0.4) is 0 Å². The summed E-state index contributed by atoms with van der Waals surface area (Å²) < 4.78 is 5.02. The molecule has 258 valence electrons. The Balaban J connectivity index is 1.16. The predicted octanol–water partition coefficient (Wildman–Crippen LogP) is 15.1. The average Bonchev–Trinajstić information content (AvgIpc) is 3.80. The maximum Gasteiger partial charge on any atom is 0.0541 e. The van der Waals surface area contributed by atoms with E-state index in [2.05, 4.69) is 216 Å². The van der Waals surface area contributed by atoms with Crippen molar-refractivity contribution in [1.29, 1.82) is 0 Å². The summed E-state index contributed by atoms with van der Waals surface area (Å²) in [6.45, 7) is 0. The molecule has 0 aliphatic carbocycles. The van der Waals surface area contributed by atoms with Crippen LogP contribution in [0.25, 0.3) is 80.7 Å². The molecular weight excluding hydrogens is 685 g/mol. The van der Waals surface area contributed by atoms with Gasteiger partial charge in [0.05, 0.1) is 16.7 Å². The molecule has 0 bridgehead atoms. The average molecular weight is 719 g/mol. The highest BCUT2D eigenvalue weighted by molar-refractivity contribution is 7.26. The van der Waals surface area contributed by atoms with Crippen molar-refractivity contribution >= 4 is 81.1 Å². The van der Waals surface area contributed by atoms with Gasteiger partial charge in [0.25, 0.3) is 0 Å². The van der Waals surface area contributed by atoms with Crippen LogP contribution in [-0.4, -0.2) is 4.57 Å². The van der Waals surface area contributed by atoms with Crippen molar-refractivity contribution in [2.75, 3.05) is 4.90 Å². The van der Waals surface area contributed by atoms with E-state index in [-0.39, 0.29) is 0 Å². The maximum atomic E-state index is 2.45. The van der Waals surface area contributed by atoms with Crippen LogP contribution >= 0.6 is 11.3 Å². The highest BCUT2D eigenvalue weighted by Crippen LogP contribution is 2.47. The van der Waals surface area contributed by atoms with Gasteiger partial charge >= 0.3 is 0 Å². The van der Waals surface area contributed by atoms with Gasteiger partial charge in [0, 0.05) is 59.1 Å². The van der Waals surface area contributed by atoms with Gasteiger partial charge in [-0.1, -0.05) is 152 Å². The Labute approximate surface area is 323 Å². The summed E-state index contributed by atoms with van der Waals surface area (Å²) in [5.74, 6) is 0. The van der Waals surface area contributed by atoms with Gasteiger partial charge in [-0.3, -0.25) is 0 Å². The summed E-state index contributed by atoms with van der Waals surface area (Å²) in [5.41, 5.74) is 11.7. The summed E-state index contributed by atoms with van der Waals surface area (Å²) in [7, 11) is 0. The topological polar surface area (TPSA) is 8.17 Å². The van der Waals surface area contributed by atoms with Crippen molar-refractivity contribution in [2.24, 2.45) is 0 Å². The third-order valence-corrected chi connectivity index (χ3v) is 12.2. The van der Waals surface area contributed by atoms with Gasteiger partial charge < -0.3 is 9.47 Å². The van der Waals surface area contributed by atoms with Crippen LogP contribution in [0.5, 0.6) is 0 Å². The molecule has 3 heteroatoms. The van der Waals surface area contributed by atoms with Crippen molar-refractivity contribution < 1.29 is 0 Å². The predicted molar refractivity (Wildman–Crippen MR) is 237 cm³/mol. The van der Waals surface area contributed by atoms with E-state index in [9.17, 15) is 0 Å². The van der Waals surface area contributed by atoms with E-state index >= 15 is 0 Å². The molecule has 0 aliphatic heterocycles. The number of fused-ring (bicyclic) bond motifs is 7. The Morgan fingerprint density at radius 2 is 0.945 bits per heavy atom. The Hall–Kier alpha value is -6.94. The lowest BCUT2D eigenvalue weighted by Crippen LogP contribution is -2.12. The molecule has 0 aliphatic rings. The van der Waals surface area contributed by atoms with Crippen LogP contribution < -0.4 is 4.90 Å². The number of hydrogen-bond acceptors (Lipinski definition) is 2. The van der Waals surface area contributed by atoms with Crippen molar-refractivity contribution in [2.45, 2.75) is 0 Å². The first-order chi connectivity index (χ1) is 27.3. The largest absolute Gasteiger partial charge is 0.310 e. The second-order valence-corrected chi connectivity index (χ2v) is 15.2. The van der Waals surface area contributed by atoms with E-state index in [0.717, 1.165) is 22.7 Å². The van der Waals surface area contributed by atoms with Crippen molar-refractivity contribution in [3.63, 3.8) is 0 Å². The number of benzene rings is 9. The molecule has 0 N–H and O–H groups in total. The van der Waals surface area contributed by atoms with E-state index in [1.54, 1.807) is 0 Å². The second kappa shape index (κ2) is 12.9. The number of hydrogen-bond donors (Lipinski definition) is 0. The van der Waals surface area contributed by atoms with E-state index in [1.807, 2.05) is 11.3 Å². The minimum absolute atomic E-state index is 1.09. The lowest BCUT2D eigenvalue weighted by Gasteiger charge is -2.29. The third kappa shape index (κ3) is 5.16. The Bertz CT molecular complexity index is 3180. The molecule has 2 aromatic heterocycles. The van der Waals surface area contributed by atoms with Crippen LogP contribution in [0.15, 0.2) is 206 Å². The summed E-state index contributed by atoms with van der Waals surface area (Å²) in [5, 5.41) is 7.60. The van der Waals surface area contributed by atoms with Crippen LogP contribution in [0.1, 0.15) is 0 Å². The number of anilines is 3. The van der Waals surface area contributed by atoms with E-state index < -0.39 is 0 Å². The Morgan fingerprint density at radius 3 is 1.78 bits per heavy atom. The van der Waals surface area contributed by atoms with Gasteiger partial charge in [0.2, 0.25) is 0 Å². The molecule has 0 radical (unpaired) electrons. The minimum atomic E-state index is 1.09. The molecule has 0 atom stereocenters. The van der Waals surface area contributed by atoms with Crippen LogP contribution in [-0.2, 0) is 0 Å². The van der Waals surface area contributed by atoms with Crippen molar-refractivity contribution in [3.8, 4) is 27.9 Å². The smallest absolute Gasteiger partial charge is 0.0541 e. The molecule has 2 nitrogen and oxygen atoms in total. The first kappa shape index (κ1) is 31.6. The van der Waals surface area contributed by atoms with E-state index in [0.29, 0.717) is 0 Å². The number of thiophene rings is 1. The van der Waals surface area contributed by atoms with Gasteiger partial charge in [0.1, 0.15) is 0 Å². The van der Waals surface area contributed by atoms with Gasteiger partial charge in [-0.05, 0) is 76.5 Å². The SMILES string of the molecule is c1cc(-c2cccc3ccccc23)cc(N(c2cccc(-n3c4ccccc4c4ccccc43)c2)c2ccccc2-c2cccc3c2sc2ccccc23)c1. The Kier molecular flexibility index (Phi) is 7.39. The van der Waals surface area contributed by atoms with Crippen LogP contribution in [0.2, 0.25) is 0 Å². The summed E-state index contributed by atoms with van der Waals surface area (Å²) >= 11 is 1.88. The zero-order valence-electron chi connectivity index (χ0n) is 29.9. The molecule has 0 saturated heterocycles. The molecule has 0 fully saturated rings. The van der Waals surface area contributed by atoms with E-state index in [4.69, 9.17) is 0 Å². The molecule has 0 saturated carbocycles. The van der Waals surface area contributed by atoms with E-state index in [1.165, 1.54) is 75.0 Å². The molecule has 55 heavy (non-hydrogen) atoms. The first-order valence-corrected chi connectivity index (χ1v) is 19.6. The van der Waals surface area contributed by atoms with Gasteiger partial charge in [0.15, 0.2) is 0 Å². The summed E-state index contributed by atoms with van der Waals surface area (Å²) in [6, 6.07) is 75.2. The van der Waals surface area contributed by atoms with Gasteiger partial charge in [-0.2, -0.15) is 0 Å². The molecule has 2 heterocycles. The lowest BCUT2D eigenvalue weighted by molar-refractivity contribution is 1.17. The van der Waals surface area contributed by atoms with Crippen LogP contribution in [0.4, 0.5) is 17.1 Å². The van der Waals surface area contributed by atoms with Gasteiger partial charge in [-0.25, -0.2) is 0 Å². The standard InChI is InChI=1S/C52H34N2S/c1-2-21-40-35(15-1)16-12-26-41(40)36-17-11-18-37(33-36)53(38-19-13-20-39(34-38)54-49-30-8-3-22-42(49)43-23-4-9-31-50(43)54)48-29-7-5-24-44(48)46-27-14-28-47-45-25-6-10-32-51(45)55-52(46)47/h1-34H. The fourth-order valence-electron chi connectivity index (χ4n) is 8.54. The quantitative estimate of drug-likeness (QED) is 0.166. The molecule has 9 aromatic carbocycles.